The summed E-state index contributed by atoms with van der Waals surface area (Å²) in [5.74, 6) is -0.770. The molecule has 0 spiro atoms. The number of hydrogen-bond donors (Lipinski definition) is 1. The minimum absolute atomic E-state index is 0.0373. The number of fused-ring (bicyclic) bond motifs is 1. The minimum Gasteiger partial charge on any atom is -0.486 e. The van der Waals surface area contributed by atoms with Gasteiger partial charge in [0.15, 0.2) is 11.5 Å². The molecule has 2 amide bonds. The topological polar surface area (TPSA) is 105 Å². The fourth-order valence-electron chi connectivity index (χ4n) is 5.52. The maximum absolute atomic E-state index is 14.2. The number of nitrogens with zero attached hydrogens (tertiary/aromatic N) is 2. The number of nitrogens with one attached hydrogen (secondary N) is 1. The van der Waals surface area contributed by atoms with Crippen LogP contribution in [0.5, 0.6) is 11.5 Å². The first kappa shape index (κ1) is 31.6. The van der Waals surface area contributed by atoms with Gasteiger partial charge in [0.2, 0.25) is 11.8 Å². The molecule has 0 aromatic heterocycles. The summed E-state index contributed by atoms with van der Waals surface area (Å²) in [6.45, 7) is 1.82. The van der Waals surface area contributed by atoms with Gasteiger partial charge in [-0.25, -0.2) is 12.8 Å². The molecule has 1 saturated carbocycles. The van der Waals surface area contributed by atoms with Gasteiger partial charge in [-0.3, -0.25) is 13.9 Å². The Kier molecular flexibility index (Phi) is 9.95. The lowest BCUT2D eigenvalue weighted by Gasteiger charge is -2.34. The van der Waals surface area contributed by atoms with Gasteiger partial charge in [0.05, 0.1) is 10.6 Å². The highest BCUT2D eigenvalue weighted by molar-refractivity contribution is 7.92. The van der Waals surface area contributed by atoms with E-state index in [9.17, 15) is 22.4 Å². The molecular formula is C32H35ClFN3O6S. The Balaban J connectivity index is 1.50. The molecule has 3 aromatic rings. The van der Waals surface area contributed by atoms with Gasteiger partial charge >= 0.3 is 0 Å². The van der Waals surface area contributed by atoms with Crippen LogP contribution in [0.3, 0.4) is 0 Å². The van der Waals surface area contributed by atoms with E-state index in [1.54, 1.807) is 24.3 Å². The van der Waals surface area contributed by atoms with Crippen LogP contribution in [0.1, 0.15) is 44.6 Å². The smallest absolute Gasteiger partial charge is 0.264 e. The predicted octanol–water partition coefficient (Wildman–Crippen LogP) is 5.31. The Bertz CT molecular complexity index is 1580. The summed E-state index contributed by atoms with van der Waals surface area (Å²) in [6, 6.07) is 15.1. The summed E-state index contributed by atoms with van der Waals surface area (Å²) in [5.41, 5.74) is 0.808. The number of halogens is 2. The molecule has 1 atom stereocenters. The quantitative estimate of drug-likeness (QED) is 0.304. The molecule has 1 heterocycles. The highest BCUT2D eigenvalue weighted by Crippen LogP contribution is 2.34. The van der Waals surface area contributed by atoms with Gasteiger partial charge in [0.25, 0.3) is 10.0 Å². The highest BCUT2D eigenvalue weighted by Gasteiger charge is 2.35. The van der Waals surface area contributed by atoms with Crippen LogP contribution in [0.4, 0.5) is 10.1 Å². The van der Waals surface area contributed by atoms with Gasteiger partial charge < -0.3 is 19.7 Å². The summed E-state index contributed by atoms with van der Waals surface area (Å²) in [7, 11) is -4.37. The van der Waals surface area contributed by atoms with Gasteiger partial charge in [0.1, 0.15) is 31.6 Å². The van der Waals surface area contributed by atoms with E-state index in [2.05, 4.69) is 5.32 Å². The van der Waals surface area contributed by atoms with Gasteiger partial charge in [-0.15, -0.1) is 0 Å². The number of hydrogen-bond acceptors (Lipinski definition) is 6. The largest absolute Gasteiger partial charge is 0.486 e. The van der Waals surface area contributed by atoms with E-state index in [4.69, 9.17) is 21.1 Å². The Labute approximate surface area is 261 Å². The Morgan fingerprint density at radius 3 is 2.30 bits per heavy atom. The number of carbonyl (C=O) groups excluding carboxylic acids is 2. The molecule has 0 radical (unpaired) electrons. The van der Waals surface area contributed by atoms with Crippen LogP contribution >= 0.6 is 11.6 Å². The lowest BCUT2D eigenvalue weighted by atomic mass is 10.1. The average Bonchev–Trinajstić information content (AvgIpc) is 3.54. The third-order valence-corrected chi connectivity index (χ3v) is 9.87. The first-order valence-electron chi connectivity index (χ1n) is 14.7. The summed E-state index contributed by atoms with van der Waals surface area (Å²) in [4.78, 5) is 29.0. The van der Waals surface area contributed by atoms with Crippen molar-refractivity contribution < 1.29 is 31.9 Å². The number of sulfonamides is 1. The number of anilines is 1. The molecule has 234 valence electrons. The fraction of sp³-hybridized carbons (Fsp3) is 0.375. The number of carbonyl (C=O) groups is 2. The molecule has 12 heteroatoms. The number of benzene rings is 3. The molecule has 1 fully saturated rings. The van der Waals surface area contributed by atoms with E-state index in [-0.39, 0.29) is 41.4 Å². The first-order chi connectivity index (χ1) is 21.2. The van der Waals surface area contributed by atoms with Gasteiger partial charge in [-0.1, -0.05) is 43.5 Å². The molecule has 44 heavy (non-hydrogen) atoms. The molecule has 0 saturated heterocycles. The molecule has 5 rings (SSSR count). The summed E-state index contributed by atoms with van der Waals surface area (Å²) in [6.07, 6.45) is 4.11. The van der Waals surface area contributed by atoms with Crippen LogP contribution in [0.2, 0.25) is 5.02 Å². The molecule has 1 aliphatic heterocycles. The van der Waals surface area contributed by atoms with Crippen molar-refractivity contribution >= 4 is 39.1 Å². The Morgan fingerprint density at radius 2 is 1.64 bits per heavy atom. The number of ether oxygens (including phenoxy) is 2. The van der Waals surface area contributed by atoms with Crippen molar-refractivity contribution in [1.29, 1.82) is 0 Å². The van der Waals surface area contributed by atoms with Crippen molar-refractivity contribution in [3.05, 3.63) is 83.1 Å². The van der Waals surface area contributed by atoms with Crippen LogP contribution in [-0.4, -0.2) is 57.0 Å². The monoisotopic (exact) mass is 643 g/mol. The van der Waals surface area contributed by atoms with Crippen molar-refractivity contribution in [2.75, 3.05) is 24.1 Å². The Morgan fingerprint density at radius 1 is 0.977 bits per heavy atom. The molecule has 0 bridgehead atoms. The van der Waals surface area contributed by atoms with E-state index < -0.39 is 34.3 Å². The predicted molar refractivity (Wildman–Crippen MR) is 165 cm³/mol. The van der Waals surface area contributed by atoms with E-state index in [1.807, 2.05) is 6.92 Å². The van der Waals surface area contributed by atoms with Crippen molar-refractivity contribution in [2.24, 2.45) is 0 Å². The lowest BCUT2D eigenvalue weighted by molar-refractivity contribution is -0.140. The van der Waals surface area contributed by atoms with Crippen molar-refractivity contribution in [2.45, 2.75) is 62.6 Å². The zero-order valence-electron chi connectivity index (χ0n) is 24.4. The Hall–Kier alpha value is -3.83. The second-order valence-electron chi connectivity index (χ2n) is 10.9. The van der Waals surface area contributed by atoms with Crippen LogP contribution in [0.25, 0.3) is 0 Å². The maximum Gasteiger partial charge on any atom is 0.264 e. The summed E-state index contributed by atoms with van der Waals surface area (Å²) in [5, 5.41) is 3.60. The SMILES string of the molecule is CC[C@H](C(=O)NC1CCCC1)N(Cc1ccc(Cl)cc1)C(=O)CN(c1ccc(F)cc1)S(=O)(=O)c1ccc2c(c1)OCCO2. The van der Waals surface area contributed by atoms with Crippen molar-refractivity contribution in [1.82, 2.24) is 10.2 Å². The fourth-order valence-corrected chi connectivity index (χ4v) is 7.08. The zero-order valence-corrected chi connectivity index (χ0v) is 26.0. The van der Waals surface area contributed by atoms with E-state index in [1.165, 1.54) is 35.2 Å². The van der Waals surface area contributed by atoms with Crippen molar-refractivity contribution in [3.63, 3.8) is 0 Å². The van der Waals surface area contributed by atoms with E-state index >= 15 is 0 Å². The van der Waals surface area contributed by atoms with Gasteiger partial charge in [-0.05, 0) is 73.4 Å². The van der Waals surface area contributed by atoms with Gasteiger partial charge in [0, 0.05) is 23.7 Å². The number of rotatable bonds is 11. The molecule has 1 aliphatic carbocycles. The van der Waals surface area contributed by atoms with Gasteiger partial charge in [-0.2, -0.15) is 0 Å². The van der Waals surface area contributed by atoms with Crippen LogP contribution in [-0.2, 0) is 26.2 Å². The molecule has 2 aliphatic rings. The first-order valence-corrected chi connectivity index (χ1v) is 16.5. The average molecular weight is 644 g/mol. The molecule has 3 aromatic carbocycles. The van der Waals surface area contributed by atoms with Crippen molar-refractivity contribution in [3.8, 4) is 11.5 Å². The highest BCUT2D eigenvalue weighted by atomic mass is 35.5. The summed E-state index contributed by atoms with van der Waals surface area (Å²) >= 11 is 6.09. The third-order valence-electron chi connectivity index (χ3n) is 7.85. The molecule has 0 unspecified atom stereocenters. The molecular weight excluding hydrogens is 609 g/mol. The maximum atomic E-state index is 14.2. The van der Waals surface area contributed by atoms with E-state index in [0.717, 1.165) is 47.7 Å². The third kappa shape index (κ3) is 7.27. The van der Waals surface area contributed by atoms with Crippen LogP contribution < -0.4 is 19.1 Å². The second kappa shape index (κ2) is 13.9. The minimum atomic E-state index is -4.37. The van der Waals surface area contributed by atoms with E-state index in [0.29, 0.717) is 23.8 Å². The second-order valence-corrected chi connectivity index (χ2v) is 13.2. The lowest BCUT2D eigenvalue weighted by Crippen LogP contribution is -2.53. The standard InChI is InChI=1S/C32H35ClFN3O6S/c1-2-28(32(39)35-25-5-3-4-6-25)36(20-22-7-9-23(33)10-8-22)31(38)21-37(26-13-11-24(34)12-14-26)44(40,41)27-15-16-29-30(19-27)43-18-17-42-29/h7-16,19,25,28H,2-6,17-18,20-21H2,1H3,(H,35,39)/t28-/m1/s1. The number of amides is 2. The van der Waals surface area contributed by atoms with Crippen LogP contribution in [0, 0.1) is 5.82 Å². The molecule has 1 N–H and O–H groups in total. The summed E-state index contributed by atoms with van der Waals surface area (Å²) < 4.78 is 54.2. The normalized spacial score (nSPS) is 15.4. The van der Waals surface area contributed by atoms with Crippen LogP contribution in [0.15, 0.2) is 71.6 Å². The zero-order chi connectivity index (χ0) is 31.3. The molecule has 9 nitrogen and oxygen atoms in total.